The van der Waals surface area contributed by atoms with Crippen molar-refractivity contribution in [2.45, 2.75) is 91.4 Å². The van der Waals surface area contributed by atoms with E-state index >= 15 is 0 Å². The van der Waals surface area contributed by atoms with Crippen LogP contribution in [-0.4, -0.2) is 22.2 Å². The molecule has 4 heteroatoms. The van der Waals surface area contributed by atoms with Gasteiger partial charge in [0.05, 0.1) is 0 Å². The lowest BCUT2D eigenvalue weighted by Crippen LogP contribution is -2.23. The Labute approximate surface area is 135 Å². The van der Waals surface area contributed by atoms with Crippen LogP contribution in [0.3, 0.4) is 0 Å². The van der Waals surface area contributed by atoms with Gasteiger partial charge in [-0.25, -0.2) is 0 Å². The van der Waals surface area contributed by atoms with Crippen LogP contribution in [0.25, 0.3) is 0 Å². The summed E-state index contributed by atoms with van der Waals surface area (Å²) in [5.74, 6) is -3.68. The number of unbranched alkanes of at least 4 members (excludes halogenated alkanes) is 5. The highest BCUT2D eigenvalue weighted by molar-refractivity contribution is 5.92. The lowest BCUT2D eigenvalue weighted by atomic mass is 9.75. The third-order valence-corrected chi connectivity index (χ3v) is 5.30. The maximum Gasteiger partial charge on any atom is 0.317 e. The summed E-state index contributed by atoms with van der Waals surface area (Å²) in [6.07, 6.45) is 11.7. The number of carboxylic acids is 2. The molecule has 0 heterocycles. The third kappa shape index (κ3) is 7.81. The summed E-state index contributed by atoms with van der Waals surface area (Å²) in [6.45, 7) is 6.86. The molecule has 0 unspecified atom stereocenters. The third-order valence-electron chi connectivity index (χ3n) is 5.30. The molecule has 0 fully saturated rings. The monoisotopic (exact) mass is 314 g/mol. The Kier molecular flexibility index (Phi) is 10.9. The van der Waals surface area contributed by atoms with Crippen LogP contribution in [0, 0.1) is 11.3 Å². The average molecular weight is 314 g/mol. The van der Waals surface area contributed by atoms with E-state index in [2.05, 4.69) is 20.8 Å². The summed E-state index contributed by atoms with van der Waals surface area (Å²) >= 11 is 0. The Hall–Kier alpha value is -1.06. The zero-order chi connectivity index (χ0) is 17.0. The van der Waals surface area contributed by atoms with Crippen molar-refractivity contribution in [3.8, 4) is 0 Å². The molecule has 0 atom stereocenters. The van der Waals surface area contributed by atoms with Crippen LogP contribution < -0.4 is 0 Å². The second-order valence-corrected chi connectivity index (χ2v) is 6.45. The quantitative estimate of drug-likeness (QED) is 0.345. The molecule has 0 amide bonds. The molecule has 22 heavy (non-hydrogen) atoms. The number of carboxylic acid groups (broad SMARTS) is 2. The fourth-order valence-electron chi connectivity index (χ4n) is 3.19. The van der Waals surface area contributed by atoms with Crippen LogP contribution in [-0.2, 0) is 9.59 Å². The first-order valence-electron chi connectivity index (χ1n) is 8.88. The Balaban J connectivity index is 3.70. The first kappa shape index (κ1) is 20.9. The first-order chi connectivity index (χ1) is 10.4. The van der Waals surface area contributed by atoms with E-state index < -0.39 is 17.9 Å². The van der Waals surface area contributed by atoms with Crippen LogP contribution in [0.4, 0.5) is 0 Å². The van der Waals surface area contributed by atoms with Gasteiger partial charge in [0.15, 0.2) is 5.92 Å². The predicted molar refractivity (Wildman–Crippen MR) is 89.0 cm³/mol. The lowest BCUT2D eigenvalue weighted by molar-refractivity contribution is -0.154. The molecule has 4 nitrogen and oxygen atoms in total. The van der Waals surface area contributed by atoms with E-state index in [4.69, 9.17) is 10.2 Å². The number of aliphatic carboxylic acids is 2. The van der Waals surface area contributed by atoms with E-state index in [1.54, 1.807) is 0 Å². The minimum absolute atomic E-state index is 0.245. The zero-order valence-corrected chi connectivity index (χ0v) is 14.6. The van der Waals surface area contributed by atoms with Crippen molar-refractivity contribution < 1.29 is 19.8 Å². The SMILES string of the molecule is CCC(CC)(CC)CCCCCCCCC(C(=O)O)C(=O)O. The van der Waals surface area contributed by atoms with Gasteiger partial charge >= 0.3 is 11.9 Å². The molecule has 2 N–H and O–H groups in total. The average Bonchev–Trinajstić information content (AvgIpc) is 2.49. The van der Waals surface area contributed by atoms with Gasteiger partial charge in [-0.2, -0.15) is 0 Å². The molecule has 0 aromatic heterocycles. The fraction of sp³-hybridized carbons (Fsp3) is 0.889. The minimum Gasteiger partial charge on any atom is -0.481 e. The van der Waals surface area contributed by atoms with Crippen molar-refractivity contribution >= 4 is 11.9 Å². The smallest absolute Gasteiger partial charge is 0.317 e. The fourth-order valence-corrected chi connectivity index (χ4v) is 3.19. The highest BCUT2D eigenvalue weighted by Crippen LogP contribution is 2.36. The Morgan fingerprint density at radius 1 is 0.773 bits per heavy atom. The molecule has 0 bridgehead atoms. The first-order valence-corrected chi connectivity index (χ1v) is 8.88. The molecule has 0 radical (unpaired) electrons. The Morgan fingerprint density at radius 3 is 1.59 bits per heavy atom. The molecule has 0 aliphatic carbocycles. The van der Waals surface area contributed by atoms with Crippen LogP contribution in [0.5, 0.6) is 0 Å². The highest BCUT2D eigenvalue weighted by Gasteiger charge is 2.25. The van der Waals surface area contributed by atoms with E-state index in [0.717, 1.165) is 19.3 Å². The Morgan fingerprint density at radius 2 is 1.18 bits per heavy atom. The second-order valence-electron chi connectivity index (χ2n) is 6.45. The number of hydrogen-bond acceptors (Lipinski definition) is 2. The van der Waals surface area contributed by atoms with Crippen molar-refractivity contribution in [2.75, 3.05) is 0 Å². The van der Waals surface area contributed by atoms with Gasteiger partial charge in [0.1, 0.15) is 0 Å². The summed E-state index contributed by atoms with van der Waals surface area (Å²) in [7, 11) is 0. The van der Waals surface area contributed by atoms with Gasteiger partial charge in [-0.05, 0) is 18.3 Å². The van der Waals surface area contributed by atoms with E-state index in [-0.39, 0.29) is 6.42 Å². The number of rotatable bonds is 14. The van der Waals surface area contributed by atoms with Crippen molar-refractivity contribution in [3.63, 3.8) is 0 Å². The molecule has 0 saturated heterocycles. The van der Waals surface area contributed by atoms with Gasteiger partial charge in [0.2, 0.25) is 0 Å². The molecule has 0 aliphatic heterocycles. The molecular weight excluding hydrogens is 280 g/mol. The van der Waals surface area contributed by atoms with Gasteiger partial charge in [-0.3, -0.25) is 9.59 Å². The molecular formula is C18H34O4. The summed E-state index contributed by atoms with van der Waals surface area (Å²) in [5, 5.41) is 17.6. The summed E-state index contributed by atoms with van der Waals surface area (Å²) in [6, 6.07) is 0. The summed E-state index contributed by atoms with van der Waals surface area (Å²) in [4.78, 5) is 21.5. The van der Waals surface area contributed by atoms with Crippen molar-refractivity contribution in [1.29, 1.82) is 0 Å². The lowest BCUT2D eigenvalue weighted by Gasteiger charge is -2.30. The van der Waals surface area contributed by atoms with E-state index in [0.29, 0.717) is 11.8 Å². The van der Waals surface area contributed by atoms with E-state index in [9.17, 15) is 9.59 Å². The van der Waals surface area contributed by atoms with Gasteiger partial charge < -0.3 is 10.2 Å². The predicted octanol–water partition coefficient (Wildman–Crippen LogP) is 5.11. The highest BCUT2D eigenvalue weighted by atomic mass is 16.4. The van der Waals surface area contributed by atoms with Crippen LogP contribution in [0.1, 0.15) is 91.4 Å². The molecule has 0 aromatic carbocycles. The molecule has 0 spiro atoms. The largest absolute Gasteiger partial charge is 0.481 e. The van der Waals surface area contributed by atoms with E-state index in [1.807, 2.05) is 0 Å². The molecule has 0 rings (SSSR count). The van der Waals surface area contributed by atoms with Crippen LogP contribution in [0.2, 0.25) is 0 Å². The standard InChI is InChI=1S/C18H34O4/c1-4-18(5-2,6-3)14-12-10-8-7-9-11-13-15(16(19)20)17(21)22/h15H,4-14H2,1-3H3,(H,19,20)(H,21,22). The normalized spacial score (nSPS) is 11.8. The number of carbonyl (C=O) groups is 2. The van der Waals surface area contributed by atoms with Crippen LogP contribution in [0.15, 0.2) is 0 Å². The topological polar surface area (TPSA) is 74.6 Å². The molecule has 0 aliphatic rings. The molecule has 0 aromatic rings. The minimum atomic E-state index is -1.24. The second kappa shape index (κ2) is 11.5. The number of hydrogen-bond donors (Lipinski definition) is 2. The molecule has 130 valence electrons. The van der Waals surface area contributed by atoms with Crippen LogP contribution >= 0.6 is 0 Å². The molecule has 0 saturated carbocycles. The van der Waals surface area contributed by atoms with Gasteiger partial charge in [0.25, 0.3) is 0 Å². The van der Waals surface area contributed by atoms with Crippen molar-refractivity contribution in [2.24, 2.45) is 11.3 Å². The van der Waals surface area contributed by atoms with Gasteiger partial charge in [0, 0.05) is 0 Å². The Bertz CT molecular complexity index is 299. The maximum atomic E-state index is 10.7. The van der Waals surface area contributed by atoms with Gasteiger partial charge in [-0.1, -0.05) is 78.6 Å². The maximum absolute atomic E-state index is 10.7. The summed E-state index contributed by atoms with van der Waals surface area (Å²) < 4.78 is 0. The zero-order valence-electron chi connectivity index (χ0n) is 14.6. The van der Waals surface area contributed by atoms with Crippen molar-refractivity contribution in [3.05, 3.63) is 0 Å². The summed E-state index contributed by atoms with van der Waals surface area (Å²) in [5.41, 5.74) is 0.524. The van der Waals surface area contributed by atoms with Crippen molar-refractivity contribution in [1.82, 2.24) is 0 Å². The van der Waals surface area contributed by atoms with E-state index in [1.165, 1.54) is 38.5 Å². The van der Waals surface area contributed by atoms with Gasteiger partial charge in [-0.15, -0.1) is 0 Å².